The molecule has 8 heteroatoms. The van der Waals surface area contributed by atoms with Crippen molar-refractivity contribution in [2.45, 2.75) is 75.7 Å². The summed E-state index contributed by atoms with van der Waals surface area (Å²) in [6, 6.07) is 6.80. The summed E-state index contributed by atoms with van der Waals surface area (Å²) in [5, 5.41) is 17.3. The Hall–Kier alpha value is -1.99. The van der Waals surface area contributed by atoms with Crippen LogP contribution in [0.1, 0.15) is 52.9 Å². The lowest BCUT2D eigenvalue weighted by molar-refractivity contribution is -0.129. The normalized spacial score (nSPS) is 28.5. The van der Waals surface area contributed by atoms with Crippen molar-refractivity contribution in [2.24, 2.45) is 0 Å². The predicted molar refractivity (Wildman–Crippen MR) is 109 cm³/mol. The van der Waals surface area contributed by atoms with Gasteiger partial charge in [0, 0.05) is 10.6 Å². The summed E-state index contributed by atoms with van der Waals surface area (Å²) in [7, 11) is 0. The number of rotatable bonds is 5. The zero-order chi connectivity index (χ0) is 21.3. The van der Waals surface area contributed by atoms with Crippen LogP contribution in [0.25, 0.3) is 0 Å². The Morgan fingerprint density at radius 2 is 1.76 bits per heavy atom. The smallest absolute Gasteiger partial charge is 0.408 e. The maximum absolute atomic E-state index is 12.4. The number of hydrogen-bond acceptors (Lipinski definition) is 5. The van der Waals surface area contributed by atoms with Crippen LogP contribution in [-0.4, -0.2) is 46.5 Å². The van der Waals surface area contributed by atoms with Crippen molar-refractivity contribution >= 4 is 23.6 Å². The minimum Gasteiger partial charge on any atom is -0.484 e. The molecule has 3 saturated carbocycles. The monoisotopic (exact) mass is 424 g/mol. The molecular weight excluding hydrogens is 396 g/mol. The van der Waals surface area contributed by atoms with Crippen molar-refractivity contribution in [2.75, 3.05) is 6.61 Å². The van der Waals surface area contributed by atoms with Crippen molar-refractivity contribution in [3.8, 4) is 5.75 Å². The van der Waals surface area contributed by atoms with E-state index >= 15 is 0 Å². The van der Waals surface area contributed by atoms with Crippen molar-refractivity contribution in [1.29, 1.82) is 0 Å². The van der Waals surface area contributed by atoms with Crippen LogP contribution in [0.2, 0.25) is 5.02 Å². The number of amides is 2. The maximum Gasteiger partial charge on any atom is 0.408 e. The van der Waals surface area contributed by atoms with Crippen LogP contribution in [0, 0.1) is 0 Å². The molecule has 2 bridgehead atoms. The van der Waals surface area contributed by atoms with Gasteiger partial charge in [-0.3, -0.25) is 4.79 Å². The lowest BCUT2D eigenvalue weighted by Crippen LogP contribution is -2.70. The Kier molecular flexibility index (Phi) is 6.01. The highest BCUT2D eigenvalue weighted by Gasteiger charge is 2.55. The molecule has 0 aliphatic heterocycles. The van der Waals surface area contributed by atoms with Gasteiger partial charge >= 0.3 is 6.09 Å². The van der Waals surface area contributed by atoms with Gasteiger partial charge in [0.25, 0.3) is 5.91 Å². The first kappa shape index (κ1) is 21.7. The molecule has 0 saturated heterocycles. The summed E-state index contributed by atoms with van der Waals surface area (Å²) in [6.45, 7) is 5.29. The first-order valence-electron chi connectivity index (χ1n) is 9.90. The van der Waals surface area contributed by atoms with E-state index in [1.54, 1.807) is 45.0 Å². The summed E-state index contributed by atoms with van der Waals surface area (Å²) in [5.41, 5.74) is -1.78. The van der Waals surface area contributed by atoms with Crippen LogP contribution in [0.15, 0.2) is 24.3 Å². The summed E-state index contributed by atoms with van der Waals surface area (Å²) in [6.07, 6.45) is 1.60. The molecule has 3 aliphatic rings. The van der Waals surface area contributed by atoms with Crippen LogP contribution in [0.3, 0.4) is 0 Å². The van der Waals surface area contributed by atoms with E-state index < -0.39 is 28.9 Å². The number of halogens is 1. The minimum absolute atomic E-state index is 0.110. The first-order valence-corrected chi connectivity index (χ1v) is 10.3. The van der Waals surface area contributed by atoms with Crippen molar-refractivity contribution in [3.05, 3.63) is 29.3 Å². The average molecular weight is 425 g/mol. The average Bonchev–Trinajstić information content (AvgIpc) is 2.61. The van der Waals surface area contributed by atoms with E-state index in [2.05, 4.69) is 10.6 Å². The van der Waals surface area contributed by atoms with Crippen LogP contribution in [0.4, 0.5) is 4.79 Å². The maximum atomic E-state index is 12.4. The van der Waals surface area contributed by atoms with Crippen LogP contribution in [0.5, 0.6) is 5.75 Å². The molecule has 0 aromatic heterocycles. The van der Waals surface area contributed by atoms with Gasteiger partial charge in [-0.25, -0.2) is 4.79 Å². The molecule has 0 heterocycles. The zero-order valence-electron chi connectivity index (χ0n) is 17.1. The second-order valence-electron chi connectivity index (χ2n) is 9.07. The quantitative estimate of drug-likeness (QED) is 0.674. The molecule has 29 heavy (non-hydrogen) atoms. The van der Waals surface area contributed by atoms with Gasteiger partial charge in [-0.1, -0.05) is 11.6 Å². The summed E-state index contributed by atoms with van der Waals surface area (Å²) >= 11 is 5.84. The Morgan fingerprint density at radius 3 is 2.31 bits per heavy atom. The number of carbonyl (C=O) groups excluding carboxylic acids is 2. The van der Waals surface area contributed by atoms with E-state index in [4.69, 9.17) is 21.1 Å². The lowest BCUT2D eigenvalue weighted by atomic mass is 9.60. The summed E-state index contributed by atoms with van der Waals surface area (Å²) < 4.78 is 10.9. The fraction of sp³-hybridized carbons (Fsp3) is 0.619. The molecule has 7 nitrogen and oxygen atoms in total. The van der Waals surface area contributed by atoms with Crippen molar-refractivity contribution in [3.63, 3.8) is 0 Å². The SMILES string of the molecule is CC(C)(C)OC(=O)NC12CCC(NC(=O)COc3ccc(Cl)cc3)(CC1)C[C@@H]2O. The highest BCUT2D eigenvalue weighted by atomic mass is 35.5. The molecule has 0 radical (unpaired) electrons. The molecule has 0 spiro atoms. The minimum atomic E-state index is -0.755. The number of carbonyl (C=O) groups is 2. The molecule has 1 aromatic carbocycles. The van der Waals surface area contributed by atoms with Gasteiger partial charge in [-0.15, -0.1) is 0 Å². The number of ether oxygens (including phenoxy) is 2. The molecule has 2 amide bonds. The molecule has 0 unspecified atom stereocenters. The number of hydrogen-bond donors (Lipinski definition) is 3. The highest BCUT2D eigenvalue weighted by molar-refractivity contribution is 6.30. The fourth-order valence-electron chi connectivity index (χ4n) is 4.18. The van der Waals surface area contributed by atoms with Gasteiger partial charge in [0.05, 0.1) is 11.6 Å². The van der Waals surface area contributed by atoms with Crippen LogP contribution >= 0.6 is 11.6 Å². The molecule has 3 fully saturated rings. The topological polar surface area (TPSA) is 96.9 Å². The van der Waals surface area contributed by atoms with E-state index in [0.717, 1.165) is 0 Å². The number of aliphatic hydroxyl groups excluding tert-OH is 1. The van der Waals surface area contributed by atoms with Gasteiger partial charge < -0.3 is 25.2 Å². The van der Waals surface area contributed by atoms with E-state index in [-0.39, 0.29) is 12.5 Å². The van der Waals surface area contributed by atoms with Crippen LogP contribution < -0.4 is 15.4 Å². The van der Waals surface area contributed by atoms with Crippen molar-refractivity contribution < 1.29 is 24.2 Å². The fourth-order valence-corrected chi connectivity index (χ4v) is 4.31. The summed E-state index contributed by atoms with van der Waals surface area (Å²) in [4.78, 5) is 24.6. The molecule has 3 aliphatic carbocycles. The van der Waals surface area contributed by atoms with E-state index in [1.807, 2.05) is 0 Å². The van der Waals surface area contributed by atoms with Gasteiger partial charge in [0.2, 0.25) is 0 Å². The third kappa shape index (κ3) is 5.34. The Morgan fingerprint density at radius 1 is 1.14 bits per heavy atom. The molecule has 1 atom stereocenters. The third-order valence-corrected chi connectivity index (χ3v) is 5.91. The molecular formula is C21H29ClN2O5. The van der Waals surface area contributed by atoms with Gasteiger partial charge in [0.1, 0.15) is 11.4 Å². The van der Waals surface area contributed by atoms with Gasteiger partial charge in [0.15, 0.2) is 6.61 Å². The Bertz CT molecular complexity index is 751. The zero-order valence-corrected chi connectivity index (χ0v) is 17.8. The highest BCUT2D eigenvalue weighted by Crippen LogP contribution is 2.47. The standard InChI is InChI=1S/C21H29ClN2O5/c1-19(2,3)29-18(27)24-21-10-8-20(9-11-21,12-16(21)25)23-17(26)13-28-15-6-4-14(22)5-7-15/h4-7,16,25H,8-13H2,1-3H3,(H,23,26)(H,24,27)/t16-,20?,21?/m0/s1. The number of fused-ring (bicyclic) bond motifs is 3. The van der Waals surface area contributed by atoms with E-state index in [9.17, 15) is 14.7 Å². The predicted octanol–water partition coefficient (Wildman–Crippen LogP) is 3.18. The first-order chi connectivity index (χ1) is 13.5. The number of nitrogens with one attached hydrogen (secondary N) is 2. The van der Waals surface area contributed by atoms with Gasteiger partial charge in [-0.05, 0) is 77.1 Å². The second-order valence-corrected chi connectivity index (χ2v) is 9.51. The molecule has 1 aromatic rings. The Labute approximate surface area is 176 Å². The largest absolute Gasteiger partial charge is 0.484 e. The second kappa shape index (κ2) is 8.03. The third-order valence-electron chi connectivity index (χ3n) is 5.66. The number of alkyl carbamates (subject to hydrolysis) is 1. The van der Waals surface area contributed by atoms with Crippen LogP contribution in [-0.2, 0) is 9.53 Å². The Balaban J connectivity index is 1.54. The number of aliphatic hydroxyl groups is 1. The number of benzene rings is 1. The van der Waals surface area contributed by atoms with Crippen molar-refractivity contribution in [1.82, 2.24) is 10.6 Å². The van der Waals surface area contributed by atoms with E-state index in [0.29, 0.717) is 42.9 Å². The molecule has 3 N–H and O–H groups in total. The lowest BCUT2D eigenvalue weighted by Gasteiger charge is -2.56. The van der Waals surface area contributed by atoms with Gasteiger partial charge in [-0.2, -0.15) is 0 Å². The summed E-state index contributed by atoms with van der Waals surface area (Å²) in [5.74, 6) is 0.330. The molecule has 160 valence electrons. The van der Waals surface area contributed by atoms with E-state index in [1.165, 1.54) is 0 Å². The molecule has 4 rings (SSSR count).